The fourth-order valence-corrected chi connectivity index (χ4v) is 5.07. The predicted octanol–water partition coefficient (Wildman–Crippen LogP) is 7.76. The highest BCUT2D eigenvalue weighted by Gasteiger charge is 2.24. The quantitative estimate of drug-likeness (QED) is 0.269. The third kappa shape index (κ3) is 2.63. The van der Waals surface area contributed by atoms with Crippen LogP contribution >= 0.6 is 0 Å². The Morgan fingerprint density at radius 2 is 1.54 bits per heavy atom. The highest BCUT2D eigenvalue weighted by molar-refractivity contribution is 6.13. The van der Waals surface area contributed by atoms with E-state index in [1.165, 1.54) is 5.39 Å². The molecule has 164 valence electrons. The number of benzene rings is 4. The van der Waals surface area contributed by atoms with Gasteiger partial charge in [-0.1, -0.05) is 42.5 Å². The van der Waals surface area contributed by atoms with Crippen LogP contribution in [0.2, 0.25) is 0 Å². The predicted molar refractivity (Wildman–Crippen MR) is 137 cm³/mol. The maximum atomic E-state index is 6.39. The van der Waals surface area contributed by atoms with E-state index < -0.39 is 0 Å². The van der Waals surface area contributed by atoms with Crippen LogP contribution in [0.3, 0.4) is 0 Å². The molecule has 0 fully saturated rings. The van der Waals surface area contributed by atoms with Crippen molar-refractivity contribution in [1.29, 1.82) is 0 Å². The first-order valence-corrected chi connectivity index (χ1v) is 11.5. The molecule has 0 atom stereocenters. The number of nitrogens with zero attached hydrogens (tertiary/aromatic N) is 3. The molecule has 5 nitrogen and oxygen atoms in total. The molecule has 4 heterocycles. The van der Waals surface area contributed by atoms with E-state index in [2.05, 4.69) is 52.0 Å². The largest absolute Gasteiger partial charge is 0.453 e. The SMILES string of the molecule is c1ccc2c(c1)Oc1cc(-c3ccc(-c4nc5ccccc5o4)cn3)cc3c4ccccc4n-2c13. The van der Waals surface area contributed by atoms with E-state index in [4.69, 9.17) is 14.1 Å². The molecular weight excluding hydrogens is 434 g/mol. The molecule has 5 heteroatoms. The Hall–Kier alpha value is -4.90. The van der Waals surface area contributed by atoms with Crippen molar-refractivity contribution in [3.63, 3.8) is 0 Å². The summed E-state index contributed by atoms with van der Waals surface area (Å²) in [5.41, 5.74) is 7.61. The molecule has 0 aliphatic carbocycles. The summed E-state index contributed by atoms with van der Waals surface area (Å²) in [5, 5.41) is 2.33. The lowest BCUT2D eigenvalue weighted by Gasteiger charge is -2.21. The third-order valence-electron chi connectivity index (χ3n) is 6.66. The van der Waals surface area contributed by atoms with Gasteiger partial charge in [0.2, 0.25) is 5.89 Å². The second kappa shape index (κ2) is 6.81. The third-order valence-corrected chi connectivity index (χ3v) is 6.66. The molecule has 0 bridgehead atoms. The molecule has 7 aromatic rings. The second-order valence-electron chi connectivity index (χ2n) is 8.71. The van der Waals surface area contributed by atoms with Crippen LogP contribution < -0.4 is 4.74 Å². The number of rotatable bonds is 2. The van der Waals surface area contributed by atoms with Crippen LogP contribution in [0.5, 0.6) is 11.5 Å². The van der Waals surface area contributed by atoms with E-state index in [-0.39, 0.29) is 0 Å². The van der Waals surface area contributed by atoms with Gasteiger partial charge in [-0.05, 0) is 54.6 Å². The molecule has 1 aliphatic heterocycles. The van der Waals surface area contributed by atoms with Crippen molar-refractivity contribution < 1.29 is 9.15 Å². The minimum atomic E-state index is 0.568. The van der Waals surface area contributed by atoms with E-state index in [0.717, 1.165) is 61.5 Å². The van der Waals surface area contributed by atoms with E-state index in [0.29, 0.717) is 5.89 Å². The molecule has 0 amide bonds. The Kier molecular flexibility index (Phi) is 3.60. The second-order valence-corrected chi connectivity index (χ2v) is 8.71. The van der Waals surface area contributed by atoms with Crippen molar-refractivity contribution in [2.75, 3.05) is 0 Å². The molecule has 3 aromatic heterocycles. The topological polar surface area (TPSA) is 53.1 Å². The molecule has 0 N–H and O–H groups in total. The van der Waals surface area contributed by atoms with Gasteiger partial charge in [-0.3, -0.25) is 4.98 Å². The summed E-state index contributed by atoms with van der Waals surface area (Å²) >= 11 is 0. The normalized spacial score (nSPS) is 12.2. The van der Waals surface area contributed by atoms with Gasteiger partial charge in [0, 0.05) is 22.5 Å². The number of aromatic nitrogens is 3. The summed E-state index contributed by atoms with van der Waals surface area (Å²) in [5.74, 6) is 2.25. The van der Waals surface area contributed by atoms with E-state index >= 15 is 0 Å². The maximum Gasteiger partial charge on any atom is 0.228 e. The lowest BCUT2D eigenvalue weighted by atomic mass is 10.0. The van der Waals surface area contributed by atoms with Gasteiger partial charge in [0.1, 0.15) is 5.52 Å². The Balaban J connectivity index is 1.30. The molecule has 0 spiro atoms. The number of ether oxygens (including phenoxy) is 1. The first-order valence-electron chi connectivity index (χ1n) is 11.5. The maximum absolute atomic E-state index is 6.39. The zero-order chi connectivity index (χ0) is 22.9. The number of para-hydroxylation sites is 5. The van der Waals surface area contributed by atoms with Gasteiger partial charge >= 0.3 is 0 Å². The molecule has 0 radical (unpaired) electrons. The average Bonchev–Trinajstić information content (AvgIpc) is 3.50. The van der Waals surface area contributed by atoms with E-state index in [9.17, 15) is 0 Å². The van der Waals surface area contributed by atoms with Crippen LogP contribution in [0, 0.1) is 0 Å². The molecule has 0 unspecified atom stereocenters. The molecule has 0 saturated carbocycles. The van der Waals surface area contributed by atoms with Crippen molar-refractivity contribution in [2.45, 2.75) is 0 Å². The van der Waals surface area contributed by atoms with Gasteiger partial charge in [-0.15, -0.1) is 0 Å². The van der Waals surface area contributed by atoms with Gasteiger partial charge < -0.3 is 13.7 Å². The van der Waals surface area contributed by atoms with Gasteiger partial charge in [0.25, 0.3) is 0 Å². The van der Waals surface area contributed by atoms with E-state index in [1.54, 1.807) is 0 Å². The van der Waals surface area contributed by atoms with Gasteiger partial charge in [0.05, 0.1) is 28.0 Å². The van der Waals surface area contributed by atoms with Crippen LogP contribution in [0.4, 0.5) is 0 Å². The Bertz CT molecular complexity index is 1900. The summed E-state index contributed by atoms with van der Waals surface area (Å²) in [6.45, 7) is 0. The van der Waals surface area contributed by atoms with Crippen LogP contribution in [0.15, 0.2) is 108 Å². The Labute approximate surface area is 199 Å². The minimum Gasteiger partial charge on any atom is -0.453 e. The lowest BCUT2D eigenvalue weighted by Crippen LogP contribution is -2.04. The molecule has 0 saturated heterocycles. The summed E-state index contributed by atoms with van der Waals surface area (Å²) in [4.78, 5) is 9.35. The average molecular weight is 451 g/mol. The highest BCUT2D eigenvalue weighted by Crippen LogP contribution is 2.46. The summed E-state index contributed by atoms with van der Waals surface area (Å²) < 4.78 is 14.6. The van der Waals surface area contributed by atoms with Gasteiger partial charge in [0.15, 0.2) is 17.1 Å². The zero-order valence-corrected chi connectivity index (χ0v) is 18.5. The Morgan fingerprint density at radius 1 is 0.686 bits per heavy atom. The van der Waals surface area contributed by atoms with Crippen molar-refractivity contribution in [1.82, 2.24) is 14.5 Å². The first-order chi connectivity index (χ1) is 17.3. The van der Waals surface area contributed by atoms with Gasteiger partial charge in [-0.2, -0.15) is 0 Å². The molecule has 1 aliphatic rings. The fraction of sp³-hybridized carbons (Fsp3) is 0. The Morgan fingerprint density at radius 3 is 2.46 bits per heavy atom. The van der Waals surface area contributed by atoms with Crippen LogP contribution in [0.1, 0.15) is 0 Å². The number of pyridine rings is 1. The molecule has 4 aromatic carbocycles. The van der Waals surface area contributed by atoms with E-state index in [1.807, 2.05) is 60.8 Å². The summed E-state index contributed by atoms with van der Waals surface area (Å²) in [6.07, 6.45) is 1.81. The van der Waals surface area contributed by atoms with Crippen molar-refractivity contribution in [2.24, 2.45) is 0 Å². The van der Waals surface area contributed by atoms with Crippen LogP contribution in [-0.4, -0.2) is 14.5 Å². The number of oxazole rings is 1. The number of hydrogen-bond acceptors (Lipinski definition) is 4. The smallest absolute Gasteiger partial charge is 0.228 e. The summed E-state index contributed by atoms with van der Waals surface area (Å²) in [7, 11) is 0. The fourth-order valence-electron chi connectivity index (χ4n) is 5.07. The van der Waals surface area contributed by atoms with Crippen molar-refractivity contribution in [3.05, 3.63) is 103 Å². The summed E-state index contributed by atoms with van der Waals surface area (Å²) in [6, 6.07) is 32.7. The highest BCUT2D eigenvalue weighted by atomic mass is 16.5. The molecule has 8 rings (SSSR count). The van der Waals surface area contributed by atoms with Crippen molar-refractivity contribution >= 4 is 32.9 Å². The molecular formula is C30H17N3O2. The lowest BCUT2D eigenvalue weighted by molar-refractivity contribution is 0.476. The standard InChI is InChI=1S/C30H17N3O2/c1-3-9-24-20(7-1)21-15-19(16-28-29(21)33(24)25-10-4-6-12-27(25)34-28)22-14-13-18(17-31-22)30-32-23-8-2-5-11-26(23)35-30/h1-17H. The van der Waals surface area contributed by atoms with Crippen molar-refractivity contribution in [3.8, 4) is 39.9 Å². The first kappa shape index (κ1) is 18.5. The van der Waals surface area contributed by atoms with Crippen LogP contribution in [-0.2, 0) is 0 Å². The number of hydrogen-bond donors (Lipinski definition) is 0. The monoisotopic (exact) mass is 451 g/mol. The van der Waals surface area contributed by atoms with Crippen LogP contribution in [0.25, 0.3) is 61.3 Å². The molecule has 35 heavy (non-hydrogen) atoms. The minimum absolute atomic E-state index is 0.568. The van der Waals surface area contributed by atoms with Gasteiger partial charge in [-0.25, -0.2) is 4.98 Å². The number of fused-ring (bicyclic) bond motifs is 6. The zero-order valence-electron chi connectivity index (χ0n) is 18.5.